The first-order chi connectivity index (χ1) is 12.0. The van der Waals surface area contributed by atoms with Gasteiger partial charge in [0, 0.05) is 5.39 Å². The summed E-state index contributed by atoms with van der Waals surface area (Å²) in [6, 6.07) is 11.9. The van der Waals surface area contributed by atoms with Crippen molar-refractivity contribution in [2.45, 2.75) is 18.9 Å². The van der Waals surface area contributed by atoms with E-state index in [1.54, 1.807) is 53.5 Å². The van der Waals surface area contributed by atoms with Gasteiger partial charge in [-0.3, -0.25) is 5.01 Å². The molecule has 25 heavy (non-hydrogen) atoms. The summed E-state index contributed by atoms with van der Waals surface area (Å²) in [5.74, 6) is -1.94. The van der Waals surface area contributed by atoms with E-state index in [4.69, 9.17) is 10.2 Å². The van der Waals surface area contributed by atoms with Crippen LogP contribution in [0, 0.1) is 0 Å². The molecule has 2 aromatic carbocycles. The highest BCUT2D eigenvalue weighted by atomic mass is 16.4. The Morgan fingerprint density at radius 1 is 1.00 bits per heavy atom. The van der Waals surface area contributed by atoms with E-state index in [0.29, 0.717) is 0 Å². The van der Waals surface area contributed by atoms with Crippen LogP contribution in [0.25, 0.3) is 10.9 Å². The summed E-state index contributed by atoms with van der Waals surface area (Å²) in [5, 5.41) is 25.4. The standard InChI is InChI=1S/C18H15N3O4/c22-17(23)11-1-4-14(5-2-11)20(15-6-7-15)21-16-8-3-12(18(24)25)9-13(16)10-19-21/h1-5,8-10,15H,6-7H2,(H,22,23)(H,24,25). The molecule has 1 aromatic heterocycles. The number of aromatic carboxylic acids is 2. The largest absolute Gasteiger partial charge is 0.478 e. The number of nitrogens with zero attached hydrogens (tertiary/aromatic N) is 3. The smallest absolute Gasteiger partial charge is 0.335 e. The van der Waals surface area contributed by atoms with E-state index in [9.17, 15) is 9.59 Å². The van der Waals surface area contributed by atoms with Crippen molar-refractivity contribution in [2.75, 3.05) is 5.01 Å². The molecule has 2 N–H and O–H groups in total. The minimum absolute atomic E-state index is 0.218. The zero-order valence-electron chi connectivity index (χ0n) is 13.2. The van der Waals surface area contributed by atoms with Crippen LogP contribution in [0.5, 0.6) is 0 Å². The highest BCUT2D eigenvalue weighted by molar-refractivity contribution is 5.93. The van der Waals surface area contributed by atoms with Crippen molar-refractivity contribution in [2.24, 2.45) is 0 Å². The fourth-order valence-electron chi connectivity index (χ4n) is 2.87. The van der Waals surface area contributed by atoms with Crippen molar-refractivity contribution < 1.29 is 19.8 Å². The number of anilines is 1. The third kappa shape index (κ3) is 2.69. The molecule has 1 saturated carbocycles. The van der Waals surface area contributed by atoms with Crippen LogP contribution in [0.2, 0.25) is 0 Å². The fraction of sp³-hybridized carbons (Fsp3) is 0.167. The minimum Gasteiger partial charge on any atom is -0.478 e. The van der Waals surface area contributed by atoms with Crippen LogP contribution in [0.4, 0.5) is 5.69 Å². The topological polar surface area (TPSA) is 95.7 Å². The molecule has 1 aliphatic rings. The predicted octanol–water partition coefficient (Wildman–Crippen LogP) is 2.86. The van der Waals surface area contributed by atoms with Crippen molar-refractivity contribution in [3.05, 3.63) is 59.8 Å². The van der Waals surface area contributed by atoms with E-state index in [1.165, 1.54) is 0 Å². The summed E-state index contributed by atoms with van der Waals surface area (Å²) >= 11 is 0. The van der Waals surface area contributed by atoms with Gasteiger partial charge >= 0.3 is 11.9 Å². The molecule has 1 fully saturated rings. The first kappa shape index (κ1) is 15.2. The number of hydrogen-bond acceptors (Lipinski definition) is 4. The SMILES string of the molecule is O=C(O)c1ccc(N(C2CC2)n2ncc3cc(C(=O)O)ccc32)cc1. The van der Waals surface area contributed by atoms with Gasteiger partial charge in [0.1, 0.15) is 0 Å². The van der Waals surface area contributed by atoms with Crippen molar-refractivity contribution in [3.63, 3.8) is 0 Å². The average molecular weight is 337 g/mol. The van der Waals surface area contributed by atoms with Crippen LogP contribution in [-0.2, 0) is 0 Å². The van der Waals surface area contributed by atoms with Gasteiger partial charge in [0.2, 0.25) is 0 Å². The molecule has 0 amide bonds. The zero-order valence-corrected chi connectivity index (χ0v) is 13.2. The fourth-order valence-corrected chi connectivity index (χ4v) is 2.87. The van der Waals surface area contributed by atoms with Crippen LogP contribution in [0.1, 0.15) is 33.6 Å². The van der Waals surface area contributed by atoms with Crippen molar-refractivity contribution in [1.82, 2.24) is 9.89 Å². The quantitative estimate of drug-likeness (QED) is 0.743. The lowest BCUT2D eigenvalue weighted by Gasteiger charge is -2.25. The molecule has 0 spiro atoms. The lowest BCUT2D eigenvalue weighted by molar-refractivity contribution is 0.0686. The van der Waals surface area contributed by atoms with E-state index < -0.39 is 11.9 Å². The molecule has 0 unspecified atom stereocenters. The number of fused-ring (bicyclic) bond motifs is 1. The molecular formula is C18H15N3O4. The molecule has 0 aliphatic heterocycles. The number of carbonyl (C=O) groups is 2. The van der Waals surface area contributed by atoms with Gasteiger partial charge in [0.05, 0.1) is 34.6 Å². The highest BCUT2D eigenvalue weighted by Crippen LogP contribution is 2.33. The zero-order chi connectivity index (χ0) is 17.6. The summed E-state index contributed by atoms with van der Waals surface area (Å²) in [4.78, 5) is 23.9. The number of carboxylic acid groups (broad SMARTS) is 2. The lowest BCUT2D eigenvalue weighted by atomic mass is 10.1. The molecule has 7 heteroatoms. The van der Waals surface area contributed by atoms with Crippen LogP contribution in [-0.4, -0.2) is 38.1 Å². The molecule has 1 aliphatic carbocycles. The van der Waals surface area contributed by atoms with Gasteiger partial charge in [-0.1, -0.05) is 0 Å². The molecule has 0 saturated heterocycles. The molecule has 0 atom stereocenters. The second-order valence-corrected chi connectivity index (χ2v) is 6.04. The number of hydrogen-bond donors (Lipinski definition) is 2. The van der Waals surface area contributed by atoms with E-state index in [-0.39, 0.29) is 17.2 Å². The molecule has 3 aromatic rings. The van der Waals surface area contributed by atoms with Gasteiger partial charge in [-0.05, 0) is 55.3 Å². The van der Waals surface area contributed by atoms with Crippen molar-refractivity contribution in [1.29, 1.82) is 0 Å². The summed E-state index contributed by atoms with van der Waals surface area (Å²) < 4.78 is 0. The minimum atomic E-state index is -0.974. The first-order valence-electron chi connectivity index (χ1n) is 7.88. The number of carboxylic acids is 2. The van der Waals surface area contributed by atoms with E-state index in [0.717, 1.165) is 29.4 Å². The maximum absolute atomic E-state index is 11.1. The Hall–Kier alpha value is -3.35. The molecule has 0 bridgehead atoms. The molecule has 0 radical (unpaired) electrons. The Kier molecular flexibility index (Phi) is 3.42. The number of benzene rings is 2. The monoisotopic (exact) mass is 337 g/mol. The average Bonchev–Trinajstić information content (AvgIpc) is 3.35. The normalized spacial score (nSPS) is 13.8. The third-order valence-electron chi connectivity index (χ3n) is 4.27. The highest BCUT2D eigenvalue weighted by Gasteiger charge is 2.32. The molecule has 126 valence electrons. The summed E-state index contributed by atoms with van der Waals surface area (Å²) in [6.45, 7) is 0. The van der Waals surface area contributed by atoms with Gasteiger partial charge in [-0.15, -0.1) is 0 Å². The number of rotatable bonds is 5. The van der Waals surface area contributed by atoms with Crippen LogP contribution in [0.3, 0.4) is 0 Å². The Balaban J connectivity index is 1.78. The molecular weight excluding hydrogens is 322 g/mol. The first-order valence-corrected chi connectivity index (χ1v) is 7.88. The van der Waals surface area contributed by atoms with Crippen LogP contribution < -0.4 is 5.01 Å². The predicted molar refractivity (Wildman–Crippen MR) is 91.0 cm³/mol. The Labute approximate surface area is 142 Å². The van der Waals surface area contributed by atoms with Gasteiger partial charge in [0.25, 0.3) is 0 Å². The van der Waals surface area contributed by atoms with Gasteiger partial charge in [-0.25, -0.2) is 9.59 Å². The molecule has 7 nitrogen and oxygen atoms in total. The van der Waals surface area contributed by atoms with Crippen molar-refractivity contribution in [3.8, 4) is 0 Å². The Morgan fingerprint density at radius 2 is 1.64 bits per heavy atom. The maximum atomic E-state index is 11.1. The van der Waals surface area contributed by atoms with Crippen LogP contribution >= 0.6 is 0 Å². The lowest BCUT2D eigenvalue weighted by Crippen LogP contribution is -2.32. The Bertz CT molecular complexity index is 974. The van der Waals surface area contributed by atoms with E-state index >= 15 is 0 Å². The van der Waals surface area contributed by atoms with E-state index in [2.05, 4.69) is 5.10 Å². The summed E-state index contributed by atoms with van der Waals surface area (Å²) in [7, 11) is 0. The van der Waals surface area contributed by atoms with Gasteiger partial charge in [0.15, 0.2) is 0 Å². The molecule has 1 heterocycles. The third-order valence-corrected chi connectivity index (χ3v) is 4.27. The van der Waals surface area contributed by atoms with Gasteiger partial charge in [-0.2, -0.15) is 9.89 Å². The second-order valence-electron chi connectivity index (χ2n) is 6.04. The summed E-state index contributed by atoms with van der Waals surface area (Å²) in [6.07, 6.45) is 3.69. The number of aromatic nitrogens is 2. The van der Waals surface area contributed by atoms with Gasteiger partial charge < -0.3 is 10.2 Å². The maximum Gasteiger partial charge on any atom is 0.335 e. The summed E-state index contributed by atoms with van der Waals surface area (Å²) in [5.41, 5.74) is 2.10. The Morgan fingerprint density at radius 3 is 2.24 bits per heavy atom. The van der Waals surface area contributed by atoms with Crippen LogP contribution in [0.15, 0.2) is 48.7 Å². The van der Waals surface area contributed by atoms with Crippen molar-refractivity contribution >= 4 is 28.5 Å². The van der Waals surface area contributed by atoms with E-state index in [1.807, 2.05) is 5.01 Å². The second kappa shape index (κ2) is 5.62. The molecule has 4 rings (SSSR count).